The lowest BCUT2D eigenvalue weighted by molar-refractivity contribution is -0.182. The molecule has 6 heteroatoms. The van der Waals surface area contributed by atoms with Crippen LogP contribution >= 0.6 is 0 Å². The first-order valence-electron chi connectivity index (χ1n) is 9.60. The van der Waals surface area contributed by atoms with Crippen LogP contribution in [0.1, 0.15) is 25.3 Å². The van der Waals surface area contributed by atoms with E-state index in [0.717, 1.165) is 29.7 Å². The molecule has 1 aromatic carbocycles. The summed E-state index contributed by atoms with van der Waals surface area (Å²) in [5, 5.41) is 3.63. The van der Waals surface area contributed by atoms with Gasteiger partial charge in [-0.2, -0.15) is 0 Å². The summed E-state index contributed by atoms with van der Waals surface area (Å²) in [5.41, 5.74) is 0.303. The fourth-order valence-electron chi connectivity index (χ4n) is 7.14. The normalized spacial score (nSPS) is 46.9. The molecule has 140 valence electrons. The van der Waals surface area contributed by atoms with Crippen LogP contribution in [0.3, 0.4) is 0 Å². The number of ether oxygens (including phenoxy) is 2. The zero-order valence-corrected chi connectivity index (χ0v) is 15.4. The van der Waals surface area contributed by atoms with Crippen molar-refractivity contribution in [1.29, 1.82) is 0 Å². The molecule has 27 heavy (non-hydrogen) atoms. The van der Waals surface area contributed by atoms with E-state index in [1.165, 1.54) is 7.11 Å². The molecular weight excluding hydrogens is 344 g/mol. The number of benzene rings is 1. The first kappa shape index (κ1) is 15.8. The lowest BCUT2D eigenvalue weighted by Crippen LogP contribution is -2.78. The average Bonchev–Trinajstić information content (AvgIpc) is 3.30. The van der Waals surface area contributed by atoms with Crippen LogP contribution in [0.5, 0.6) is 0 Å². The monoisotopic (exact) mass is 366 g/mol. The van der Waals surface area contributed by atoms with Gasteiger partial charge in [0, 0.05) is 24.6 Å². The molecule has 0 aromatic heterocycles. The van der Waals surface area contributed by atoms with Crippen molar-refractivity contribution in [1.82, 2.24) is 4.90 Å². The van der Waals surface area contributed by atoms with Gasteiger partial charge in [0.15, 0.2) is 5.72 Å². The van der Waals surface area contributed by atoms with E-state index in [4.69, 9.17) is 9.47 Å². The van der Waals surface area contributed by atoms with Crippen molar-refractivity contribution in [3.63, 3.8) is 0 Å². The first-order valence-corrected chi connectivity index (χ1v) is 9.60. The molecule has 4 aliphatic heterocycles. The third-order valence-electron chi connectivity index (χ3n) is 7.99. The number of hydrogen-bond donors (Lipinski definition) is 1. The topological polar surface area (TPSA) is 67.9 Å². The number of carbonyl (C=O) groups excluding carboxylic acids is 2. The minimum Gasteiger partial charge on any atom is -0.468 e. The number of nitrogens with one attached hydrogen (secondary N) is 1. The summed E-state index contributed by atoms with van der Waals surface area (Å²) >= 11 is 0. The van der Waals surface area contributed by atoms with Crippen LogP contribution in [-0.2, 0) is 24.5 Å². The van der Waals surface area contributed by atoms with Gasteiger partial charge in [0.1, 0.15) is 17.9 Å². The van der Waals surface area contributed by atoms with Crippen molar-refractivity contribution in [3.05, 3.63) is 41.5 Å². The maximum Gasteiger partial charge on any atom is 0.320 e. The van der Waals surface area contributed by atoms with Crippen molar-refractivity contribution in [2.24, 2.45) is 11.3 Å². The number of piperidine rings is 2. The predicted octanol–water partition coefficient (Wildman–Crippen LogP) is 1.81. The van der Waals surface area contributed by atoms with Crippen molar-refractivity contribution < 1.29 is 19.1 Å². The highest BCUT2D eigenvalue weighted by Gasteiger charge is 2.87. The fraction of sp³-hybridized carbons (Fsp3) is 0.524. The fourth-order valence-corrected chi connectivity index (χ4v) is 7.14. The van der Waals surface area contributed by atoms with Crippen LogP contribution in [0.2, 0.25) is 0 Å². The van der Waals surface area contributed by atoms with Crippen LogP contribution in [0, 0.1) is 11.3 Å². The molecule has 2 unspecified atom stereocenters. The van der Waals surface area contributed by atoms with Crippen LogP contribution in [0.15, 0.2) is 35.9 Å². The predicted molar refractivity (Wildman–Crippen MR) is 96.8 cm³/mol. The van der Waals surface area contributed by atoms with Gasteiger partial charge in [-0.25, -0.2) is 0 Å². The maximum atomic E-state index is 13.4. The molecule has 1 saturated carbocycles. The van der Waals surface area contributed by atoms with E-state index in [0.29, 0.717) is 12.8 Å². The van der Waals surface area contributed by atoms with Crippen molar-refractivity contribution in [3.8, 4) is 0 Å². The zero-order chi connectivity index (χ0) is 18.6. The van der Waals surface area contributed by atoms with Gasteiger partial charge in [-0.1, -0.05) is 29.8 Å². The van der Waals surface area contributed by atoms with E-state index in [9.17, 15) is 9.59 Å². The highest BCUT2D eigenvalue weighted by Crippen LogP contribution is 2.75. The molecule has 1 N–H and O–H groups in total. The largest absolute Gasteiger partial charge is 0.468 e. The van der Waals surface area contributed by atoms with Crippen molar-refractivity contribution in [2.75, 3.05) is 19.0 Å². The Morgan fingerprint density at radius 3 is 2.96 bits per heavy atom. The van der Waals surface area contributed by atoms with Gasteiger partial charge in [0.2, 0.25) is 0 Å². The summed E-state index contributed by atoms with van der Waals surface area (Å²) in [5.74, 6) is -0.611. The highest BCUT2D eigenvalue weighted by atomic mass is 16.6. The minimum atomic E-state index is -1.29. The van der Waals surface area contributed by atoms with E-state index < -0.39 is 22.5 Å². The number of methoxy groups -OCH3 is 1. The van der Waals surface area contributed by atoms with Gasteiger partial charge in [-0.15, -0.1) is 0 Å². The molecule has 3 saturated heterocycles. The van der Waals surface area contributed by atoms with Crippen LogP contribution in [0.4, 0.5) is 5.69 Å². The van der Waals surface area contributed by atoms with Gasteiger partial charge in [-0.05, 0) is 25.0 Å². The highest BCUT2D eigenvalue weighted by molar-refractivity contribution is 5.99. The molecular formula is C21H22N2O4. The summed E-state index contributed by atoms with van der Waals surface area (Å²) in [7, 11) is 1.38. The number of para-hydroxylation sites is 1. The Balaban J connectivity index is 1.75. The molecule has 6 nitrogen and oxygen atoms in total. The Kier molecular flexibility index (Phi) is 2.71. The van der Waals surface area contributed by atoms with Crippen LogP contribution in [0.25, 0.3) is 0 Å². The Morgan fingerprint density at radius 2 is 2.22 bits per heavy atom. The molecule has 0 amide bonds. The second-order valence-electron chi connectivity index (χ2n) is 8.41. The van der Waals surface area contributed by atoms with Crippen LogP contribution < -0.4 is 5.32 Å². The summed E-state index contributed by atoms with van der Waals surface area (Å²) < 4.78 is 11.9. The summed E-state index contributed by atoms with van der Waals surface area (Å²) in [6.07, 6.45) is 4.18. The SMILES string of the molecule is C/C=C1/CN2[C@@H]3C[C@@]45c6ccccc6N[C@]4(O3)[C@@H]2CC1C5(C=O)C(=O)OC. The molecule has 1 aliphatic carbocycles. The average molecular weight is 366 g/mol. The smallest absolute Gasteiger partial charge is 0.320 e. The zero-order valence-electron chi connectivity index (χ0n) is 15.4. The molecule has 6 rings (SSSR count). The molecule has 4 fully saturated rings. The Bertz CT molecular complexity index is 929. The number of esters is 1. The number of carbonyl (C=O) groups is 2. The van der Waals surface area contributed by atoms with Crippen molar-refractivity contribution in [2.45, 2.75) is 43.2 Å². The number of aldehydes is 1. The number of rotatable bonds is 2. The Morgan fingerprint density at radius 1 is 1.41 bits per heavy atom. The van der Waals surface area contributed by atoms with E-state index in [2.05, 4.69) is 16.3 Å². The number of hydrogen-bond acceptors (Lipinski definition) is 6. The Hall–Kier alpha value is -2.18. The number of anilines is 1. The van der Waals surface area contributed by atoms with Gasteiger partial charge < -0.3 is 19.6 Å². The molecule has 4 heterocycles. The molecule has 1 aromatic rings. The van der Waals surface area contributed by atoms with Crippen molar-refractivity contribution >= 4 is 17.9 Å². The van der Waals surface area contributed by atoms with E-state index in [-0.39, 0.29) is 18.2 Å². The van der Waals surface area contributed by atoms with Gasteiger partial charge in [-0.3, -0.25) is 9.69 Å². The quantitative estimate of drug-likeness (QED) is 0.373. The lowest BCUT2D eigenvalue weighted by atomic mass is 9.42. The van der Waals surface area contributed by atoms with Gasteiger partial charge in [0.05, 0.1) is 18.6 Å². The molecule has 6 atom stereocenters. The summed E-state index contributed by atoms with van der Waals surface area (Å²) in [6.45, 7) is 2.73. The molecule has 0 radical (unpaired) electrons. The van der Waals surface area contributed by atoms with E-state index in [1.54, 1.807) is 0 Å². The standard InChI is InChI=1S/C21H22N2O4/c1-3-12-10-23-16-8-14(12)19(11-24,18(25)26-2)20-9-17(23)27-21(16,20)22-15-7-5-4-6-13(15)20/h3-7,11,14,16-17,22H,8-10H2,1-2H3/b12-3-/t14?,16-,17-,19?,20-,21-/m0/s1. The minimum absolute atomic E-state index is 0.101. The summed E-state index contributed by atoms with van der Waals surface area (Å²) in [4.78, 5) is 28.7. The van der Waals surface area contributed by atoms with E-state index in [1.807, 2.05) is 31.2 Å². The number of allylic oxidation sites excluding steroid dienone is 1. The number of nitrogens with zero attached hydrogens (tertiary/aromatic N) is 1. The third kappa shape index (κ3) is 1.32. The lowest BCUT2D eigenvalue weighted by Gasteiger charge is -2.63. The second kappa shape index (κ2) is 4.62. The Labute approximate surface area is 157 Å². The molecule has 5 aliphatic rings. The third-order valence-corrected chi connectivity index (χ3v) is 7.99. The first-order chi connectivity index (χ1) is 13.1. The van der Waals surface area contributed by atoms with Crippen LogP contribution in [-0.4, -0.2) is 48.8 Å². The van der Waals surface area contributed by atoms with Gasteiger partial charge in [0.25, 0.3) is 0 Å². The van der Waals surface area contributed by atoms with Gasteiger partial charge >= 0.3 is 5.97 Å². The molecule has 1 spiro atoms. The maximum absolute atomic E-state index is 13.4. The molecule has 4 bridgehead atoms. The summed E-state index contributed by atoms with van der Waals surface area (Å²) in [6, 6.07) is 8.15. The second-order valence-corrected chi connectivity index (χ2v) is 8.41. The van der Waals surface area contributed by atoms with E-state index >= 15 is 0 Å². The number of fused-ring (bicyclic) bond motifs is 4.